The van der Waals surface area contributed by atoms with Crippen LogP contribution in [0, 0.1) is 5.41 Å². The van der Waals surface area contributed by atoms with Crippen molar-refractivity contribution in [2.75, 3.05) is 11.9 Å². The van der Waals surface area contributed by atoms with Gasteiger partial charge < -0.3 is 5.32 Å². The summed E-state index contributed by atoms with van der Waals surface area (Å²) < 4.78 is 0. The highest BCUT2D eigenvalue weighted by molar-refractivity contribution is 6.29. The lowest BCUT2D eigenvalue weighted by atomic mass is 9.89. The fraction of sp³-hybridized carbons (Fsp3) is 0.714. The minimum Gasteiger partial charge on any atom is -0.369 e. The lowest BCUT2D eigenvalue weighted by Crippen LogP contribution is -2.23. The summed E-state index contributed by atoms with van der Waals surface area (Å²) in [7, 11) is 0. The van der Waals surface area contributed by atoms with Crippen molar-refractivity contribution >= 4 is 17.4 Å². The normalized spacial score (nSPS) is 17.9. The van der Waals surface area contributed by atoms with E-state index in [0.717, 1.165) is 31.0 Å². The van der Waals surface area contributed by atoms with Gasteiger partial charge in [-0.2, -0.15) is 0 Å². The highest BCUT2D eigenvalue weighted by Gasteiger charge is 2.28. The van der Waals surface area contributed by atoms with Gasteiger partial charge in [-0.3, -0.25) is 0 Å². The highest BCUT2D eigenvalue weighted by Crippen LogP contribution is 2.37. The van der Waals surface area contributed by atoms with E-state index < -0.39 is 0 Å². The fourth-order valence-electron chi connectivity index (χ4n) is 2.60. The quantitative estimate of drug-likeness (QED) is 0.817. The molecule has 0 aliphatic heterocycles. The topological polar surface area (TPSA) is 37.8 Å². The van der Waals surface area contributed by atoms with Crippen molar-refractivity contribution in [3.05, 3.63) is 17.0 Å². The van der Waals surface area contributed by atoms with Crippen LogP contribution in [0.5, 0.6) is 0 Å². The molecule has 0 unspecified atom stereocenters. The number of hydrogen-bond acceptors (Lipinski definition) is 3. The Kier molecular flexibility index (Phi) is 4.44. The van der Waals surface area contributed by atoms with Crippen LogP contribution in [-0.2, 0) is 6.42 Å². The number of halogens is 1. The lowest BCUT2D eigenvalue weighted by Gasteiger charge is -2.24. The summed E-state index contributed by atoms with van der Waals surface area (Å²) in [5.74, 6) is 1.70. The Labute approximate surface area is 114 Å². The minimum atomic E-state index is 0.419. The van der Waals surface area contributed by atoms with Crippen molar-refractivity contribution in [2.24, 2.45) is 5.41 Å². The van der Waals surface area contributed by atoms with Crippen molar-refractivity contribution in [3.63, 3.8) is 0 Å². The lowest BCUT2D eigenvalue weighted by molar-refractivity contribution is 0.361. The summed E-state index contributed by atoms with van der Waals surface area (Å²) in [6.07, 6.45) is 7.23. The molecule has 1 heterocycles. The third-order valence-electron chi connectivity index (χ3n) is 3.72. The van der Waals surface area contributed by atoms with E-state index in [0.29, 0.717) is 10.6 Å². The number of anilines is 1. The third kappa shape index (κ3) is 3.58. The maximum absolute atomic E-state index is 6.02. The first-order chi connectivity index (χ1) is 8.61. The molecule has 0 atom stereocenters. The summed E-state index contributed by atoms with van der Waals surface area (Å²) in [6.45, 7) is 5.45. The molecule has 1 aromatic heterocycles. The molecule has 1 N–H and O–H groups in total. The Balaban J connectivity index is 2.00. The number of nitrogens with zero attached hydrogens (tertiary/aromatic N) is 2. The van der Waals surface area contributed by atoms with Crippen LogP contribution >= 0.6 is 11.6 Å². The third-order valence-corrected chi connectivity index (χ3v) is 3.92. The van der Waals surface area contributed by atoms with Crippen molar-refractivity contribution in [1.82, 2.24) is 9.97 Å². The summed E-state index contributed by atoms with van der Waals surface area (Å²) in [4.78, 5) is 8.74. The van der Waals surface area contributed by atoms with Crippen LogP contribution < -0.4 is 5.32 Å². The monoisotopic (exact) mass is 267 g/mol. The molecule has 0 aromatic carbocycles. The van der Waals surface area contributed by atoms with Gasteiger partial charge in [-0.05, 0) is 24.7 Å². The smallest absolute Gasteiger partial charge is 0.134 e. The van der Waals surface area contributed by atoms with Crippen LogP contribution in [0.3, 0.4) is 0 Å². The predicted molar refractivity (Wildman–Crippen MR) is 76.1 cm³/mol. The van der Waals surface area contributed by atoms with Gasteiger partial charge in [0.25, 0.3) is 0 Å². The first-order valence-corrected chi connectivity index (χ1v) is 7.26. The second-order valence-electron chi connectivity index (χ2n) is 5.61. The predicted octanol–water partition coefficient (Wildman–Crippen LogP) is 4.07. The van der Waals surface area contributed by atoms with Crippen LogP contribution in [0.2, 0.25) is 5.15 Å². The molecule has 1 fully saturated rings. The van der Waals surface area contributed by atoms with E-state index in [1.165, 1.54) is 25.7 Å². The van der Waals surface area contributed by atoms with Gasteiger partial charge in [-0.1, -0.05) is 38.3 Å². The van der Waals surface area contributed by atoms with E-state index >= 15 is 0 Å². The van der Waals surface area contributed by atoms with E-state index in [4.69, 9.17) is 11.6 Å². The van der Waals surface area contributed by atoms with Crippen molar-refractivity contribution in [3.8, 4) is 0 Å². The van der Waals surface area contributed by atoms with Gasteiger partial charge in [0.2, 0.25) is 0 Å². The molecule has 1 aliphatic rings. The Morgan fingerprint density at radius 3 is 2.72 bits per heavy atom. The molecule has 0 amide bonds. The largest absolute Gasteiger partial charge is 0.369 e. The van der Waals surface area contributed by atoms with Crippen molar-refractivity contribution in [1.29, 1.82) is 0 Å². The first-order valence-electron chi connectivity index (χ1n) is 6.89. The van der Waals surface area contributed by atoms with Crippen LogP contribution in [0.1, 0.15) is 51.8 Å². The Morgan fingerprint density at radius 1 is 1.33 bits per heavy atom. The number of rotatable bonds is 5. The van der Waals surface area contributed by atoms with E-state index in [-0.39, 0.29) is 0 Å². The standard InChI is InChI=1S/C14H22ClN3/c1-3-6-12-17-11(15)9-13(18-12)16-10-14(2)7-4-5-8-14/h9H,3-8,10H2,1-2H3,(H,16,17,18). The number of hydrogen-bond donors (Lipinski definition) is 1. The first kappa shape index (κ1) is 13.6. The molecule has 1 aliphatic carbocycles. The maximum Gasteiger partial charge on any atom is 0.134 e. The molecular formula is C14H22ClN3. The van der Waals surface area contributed by atoms with Gasteiger partial charge in [-0.15, -0.1) is 0 Å². The second kappa shape index (κ2) is 5.87. The van der Waals surface area contributed by atoms with E-state index in [1.54, 1.807) is 0 Å². The van der Waals surface area contributed by atoms with E-state index in [9.17, 15) is 0 Å². The van der Waals surface area contributed by atoms with Gasteiger partial charge in [0.15, 0.2) is 0 Å². The van der Waals surface area contributed by atoms with Gasteiger partial charge in [-0.25, -0.2) is 9.97 Å². The fourth-order valence-corrected chi connectivity index (χ4v) is 2.80. The SMILES string of the molecule is CCCc1nc(Cl)cc(NCC2(C)CCCC2)n1. The van der Waals surface area contributed by atoms with Gasteiger partial charge in [0.05, 0.1) is 0 Å². The van der Waals surface area contributed by atoms with Gasteiger partial charge in [0.1, 0.15) is 16.8 Å². The summed E-state index contributed by atoms with van der Waals surface area (Å²) in [5.41, 5.74) is 0.419. The molecule has 2 rings (SSSR count). The molecule has 18 heavy (non-hydrogen) atoms. The molecule has 0 bridgehead atoms. The van der Waals surface area contributed by atoms with Crippen molar-refractivity contribution < 1.29 is 0 Å². The molecule has 1 saturated carbocycles. The average molecular weight is 268 g/mol. The maximum atomic E-state index is 6.02. The Morgan fingerprint density at radius 2 is 2.06 bits per heavy atom. The molecule has 4 heteroatoms. The van der Waals surface area contributed by atoms with Crippen molar-refractivity contribution in [2.45, 2.75) is 52.4 Å². The molecule has 0 spiro atoms. The number of aromatic nitrogens is 2. The average Bonchev–Trinajstić information content (AvgIpc) is 2.74. The molecule has 0 radical (unpaired) electrons. The molecule has 0 saturated heterocycles. The molecule has 100 valence electrons. The van der Waals surface area contributed by atoms with Crippen LogP contribution in [-0.4, -0.2) is 16.5 Å². The van der Waals surface area contributed by atoms with E-state index in [1.807, 2.05) is 6.07 Å². The Hall–Kier alpha value is -0.830. The van der Waals surface area contributed by atoms with Crippen LogP contribution in [0.4, 0.5) is 5.82 Å². The van der Waals surface area contributed by atoms with Gasteiger partial charge >= 0.3 is 0 Å². The van der Waals surface area contributed by atoms with Gasteiger partial charge in [0, 0.05) is 19.0 Å². The Bertz CT molecular complexity index is 400. The number of aryl methyl sites for hydroxylation is 1. The number of nitrogens with one attached hydrogen (secondary N) is 1. The summed E-state index contributed by atoms with van der Waals surface area (Å²) in [5, 5.41) is 3.97. The summed E-state index contributed by atoms with van der Waals surface area (Å²) in [6, 6.07) is 1.82. The molecule has 3 nitrogen and oxygen atoms in total. The second-order valence-corrected chi connectivity index (χ2v) is 6.00. The van der Waals surface area contributed by atoms with Crippen LogP contribution in [0.25, 0.3) is 0 Å². The van der Waals surface area contributed by atoms with E-state index in [2.05, 4.69) is 29.1 Å². The molecule has 1 aromatic rings. The highest BCUT2D eigenvalue weighted by atomic mass is 35.5. The zero-order valence-corrected chi connectivity index (χ0v) is 12.1. The minimum absolute atomic E-state index is 0.419. The zero-order chi connectivity index (χ0) is 13.0. The molecular weight excluding hydrogens is 246 g/mol. The summed E-state index contributed by atoms with van der Waals surface area (Å²) >= 11 is 6.02. The van der Waals surface area contributed by atoms with Crippen LogP contribution in [0.15, 0.2) is 6.07 Å². The zero-order valence-electron chi connectivity index (χ0n) is 11.3.